The molecule has 3 atom stereocenters. The van der Waals surface area contributed by atoms with E-state index in [1.165, 1.54) is 18.4 Å². The molecule has 1 aromatic rings. The van der Waals surface area contributed by atoms with E-state index in [0.29, 0.717) is 12.3 Å². The van der Waals surface area contributed by atoms with Gasteiger partial charge in [0, 0.05) is 6.42 Å². The highest BCUT2D eigenvalue weighted by molar-refractivity contribution is 5.68. The van der Waals surface area contributed by atoms with Crippen molar-refractivity contribution < 1.29 is 19.7 Å². The third-order valence-electron chi connectivity index (χ3n) is 5.59. The second-order valence-corrected chi connectivity index (χ2v) is 9.27. The van der Waals surface area contributed by atoms with Gasteiger partial charge in [0.1, 0.15) is 11.2 Å². The molecule has 0 bridgehead atoms. The van der Waals surface area contributed by atoms with E-state index in [1.54, 1.807) is 0 Å². The SMILES string of the molecule is CC(CCCCC=CCCC=Cc1ccccc1)C[C@]1(C)C[C@@](C)(CC(=O)O)OO1. The Hall–Kier alpha value is -1.91. The van der Waals surface area contributed by atoms with Crippen LogP contribution >= 0.6 is 0 Å². The smallest absolute Gasteiger partial charge is 0.306 e. The van der Waals surface area contributed by atoms with E-state index in [2.05, 4.69) is 55.5 Å². The molecule has 0 aromatic heterocycles. The van der Waals surface area contributed by atoms with Crippen LogP contribution in [0.2, 0.25) is 0 Å². The van der Waals surface area contributed by atoms with E-state index in [0.717, 1.165) is 32.1 Å². The van der Waals surface area contributed by atoms with Crippen LogP contribution in [0.15, 0.2) is 48.6 Å². The zero-order valence-corrected chi connectivity index (χ0v) is 18.8. The summed E-state index contributed by atoms with van der Waals surface area (Å²) in [6.45, 7) is 6.10. The summed E-state index contributed by atoms with van der Waals surface area (Å²) < 4.78 is 0. The zero-order valence-electron chi connectivity index (χ0n) is 18.8. The van der Waals surface area contributed by atoms with Crippen molar-refractivity contribution >= 4 is 12.0 Å². The number of unbranched alkanes of at least 4 members (excludes halogenated alkanes) is 3. The molecule has 0 amide bonds. The first-order valence-electron chi connectivity index (χ1n) is 11.3. The summed E-state index contributed by atoms with van der Waals surface area (Å²) in [6.07, 6.45) is 17.3. The van der Waals surface area contributed by atoms with Crippen molar-refractivity contribution in [3.63, 3.8) is 0 Å². The Morgan fingerprint density at radius 1 is 1.03 bits per heavy atom. The predicted molar refractivity (Wildman–Crippen MR) is 122 cm³/mol. The number of allylic oxidation sites excluding steroid dienone is 3. The van der Waals surface area contributed by atoms with E-state index in [4.69, 9.17) is 14.9 Å². The number of carboxylic acid groups (broad SMARTS) is 1. The van der Waals surface area contributed by atoms with E-state index in [-0.39, 0.29) is 6.42 Å². The molecule has 1 saturated heterocycles. The van der Waals surface area contributed by atoms with Crippen LogP contribution in [0.4, 0.5) is 0 Å². The van der Waals surface area contributed by atoms with Crippen molar-refractivity contribution in [1.29, 1.82) is 0 Å². The fourth-order valence-corrected chi connectivity index (χ4v) is 4.38. The quantitative estimate of drug-likeness (QED) is 0.215. The molecule has 30 heavy (non-hydrogen) atoms. The molecule has 1 aliphatic rings. The summed E-state index contributed by atoms with van der Waals surface area (Å²) in [5.74, 6) is -0.323. The van der Waals surface area contributed by atoms with Gasteiger partial charge in [-0.15, -0.1) is 0 Å². The molecule has 0 radical (unpaired) electrons. The fraction of sp³-hybridized carbons (Fsp3) is 0.577. The lowest BCUT2D eigenvalue weighted by atomic mass is 9.81. The van der Waals surface area contributed by atoms with Gasteiger partial charge in [-0.2, -0.15) is 0 Å². The Balaban J connectivity index is 1.53. The maximum atomic E-state index is 11.0. The Morgan fingerprint density at radius 3 is 2.43 bits per heavy atom. The summed E-state index contributed by atoms with van der Waals surface area (Å²) >= 11 is 0. The molecular formula is C26H38O4. The Morgan fingerprint density at radius 2 is 1.70 bits per heavy atom. The predicted octanol–water partition coefficient (Wildman–Crippen LogP) is 6.97. The van der Waals surface area contributed by atoms with Crippen LogP contribution in [0.25, 0.3) is 6.08 Å². The molecule has 1 unspecified atom stereocenters. The maximum absolute atomic E-state index is 11.0. The minimum atomic E-state index is -0.848. The third-order valence-corrected chi connectivity index (χ3v) is 5.59. The van der Waals surface area contributed by atoms with E-state index in [1.807, 2.05) is 19.9 Å². The average molecular weight is 415 g/mol. The third kappa shape index (κ3) is 9.27. The lowest BCUT2D eigenvalue weighted by molar-refractivity contribution is -0.346. The van der Waals surface area contributed by atoms with Gasteiger partial charge in [-0.25, -0.2) is 9.78 Å². The van der Waals surface area contributed by atoms with Gasteiger partial charge in [0.25, 0.3) is 0 Å². The van der Waals surface area contributed by atoms with Gasteiger partial charge in [0.2, 0.25) is 0 Å². The normalized spacial score (nSPS) is 25.3. The van der Waals surface area contributed by atoms with Gasteiger partial charge < -0.3 is 5.11 Å². The highest BCUT2D eigenvalue weighted by Crippen LogP contribution is 2.42. The highest BCUT2D eigenvalue weighted by Gasteiger charge is 2.47. The van der Waals surface area contributed by atoms with Crippen molar-refractivity contribution in [3.05, 3.63) is 54.1 Å². The molecule has 2 rings (SSSR count). The summed E-state index contributed by atoms with van der Waals surface area (Å²) in [4.78, 5) is 22.0. The first-order valence-corrected chi connectivity index (χ1v) is 11.3. The number of carboxylic acids is 1. The lowest BCUT2D eigenvalue weighted by Crippen LogP contribution is -2.31. The Bertz CT molecular complexity index is 696. The number of carbonyl (C=O) groups is 1. The molecule has 1 aromatic carbocycles. The van der Waals surface area contributed by atoms with Gasteiger partial charge >= 0.3 is 5.97 Å². The number of aliphatic carboxylic acids is 1. The molecule has 1 N–H and O–H groups in total. The monoisotopic (exact) mass is 414 g/mol. The lowest BCUT2D eigenvalue weighted by Gasteiger charge is -2.25. The van der Waals surface area contributed by atoms with Gasteiger partial charge in [0.15, 0.2) is 0 Å². The summed E-state index contributed by atoms with van der Waals surface area (Å²) in [5.41, 5.74) is 0.142. The summed E-state index contributed by atoms with van der Waals surface area (Å²) in [7, 11) is 0. The minimum absolute atomic E-state index is 0.0225. The van der Waals surface area contributed by atoms with Crippen LogP contribution in [-0.2, 0) is 14.6 Å². The zero-order chi connectivity index (χ0) is 21.9. The largest absolute Gasteiger partial charge is 0.481 e. The van der Waals surface area contributed by atoms with Gasteiger partial charge in [-0.05, 0) is 57.4 Å². The van der Waals surface area contributed by atoms with Gasteiger partial charge in [-0.1, -0.05) is 74.4 Å². The second kappa shape index (κ2) is 12.1. The molecule has 166 valence electrons. The molecule has 4 nitrogen and oxygen atoms in total. The first kappa shape index (κ1) is 24.4. The molecule has 4 heteroatoms. The molecule has 0 aliphatic carbocycles. The average Bonchev–Trinajstić information content (AvgIpc) is 2.97. The highest BCUT2D eigenvalue weighted by atomic mass is 17.2. The van der Waals surface area contributed by atoms with Crippen LogP contribution in [0.3, 0.4) is 0 Å². The van der Waals surface area contributed by atoms with Crippen molar-refractivity contribution in [2.45, 2.75) is 89.8 Å². The van der Waals surface area contributed by atoms with E-state index < -0.39 is 17.2 Å². The number of benzene rings is 1. The van der Waals surface area contributed by atoms with Crippen molar-refractivity contribution in [2.24, 2.45) is 5.92 Å². The molecule has 1 aliphatic heterocycles. The maximum Gasteiger partial charge on any atom is 0.306 e. The fourth-order valence-electron chi connectivity index (χ4n) is 4.38. The molecule has 1 fully saturated rings. The first-order chi connectivity index (χ1) is 14.3. The summed E-state index contributed by atoms with van der Waals surface area (Å²) in [5, 5.41) is 9.04. The van der Waals surface area contributed by atoms with Crippen molar-refractivity contribution in [1.82, 2.24) is 0 Å². The molecule has 0 saturated carbocycles. The number of hydrogen-bond donors (Lipinski definition) is 1. The van der Waals surface area contributed by atoms with Crippen LogP contribution in [-0.4, -0.2) is 22.3 Å². The molecular weight excluding hydrogens is 376 g/mol. The Labute approximate surface area is 181 Å². The van der Waals surface area contributed by atoms with Crippen LogP contribution < -0.4 is 0 Å². The van der Waals surface area contributed by atoms with E-state index in [9.17, 15) is 4.79 Å². The van der Waals surface area contributed by atoms with Crippen molar-refractivity contribution in [2.75, 3.05) is 0 Å². The standard InChI is InChI=1S/C26H38O4/c1-22(19-25(2)21-26(3,30-29-25)20-24(27)28)15-11-8-6-4-5-7-9-12-16-23-17-13-10-14-18-23/h4-5,10,12-14,16-18,22H,6-9,11,15,19-21H2,1-3H3,(H,27,28)/t22?,25-,26-/m1/s1. The molecule has 0 spiro atoms. The number of hydrogen-bond acceptors (Lipinski definition) is 3. The second-order valence-electron chi connectivity index (χ2n) is 9.27. The Kier molecular flexibility index (Phi) is 9.80. The van der Waals surface area contributed by atoms with Crippen LogP contribution in [0, 0.1) is 5.92 Å². The van der Waals surface area contributed by atoms with E-state index >= 15 is 0 Å². The van der Waals surface area contributed by atoms with Crippen LogP contribution in [0.5, 0.6) is 0 Å². The number of rotatable bonds is 13. The summed E-state index contributed by atoms with van der Waals surface area (Å²) in [6, 6.07) is 10.4. The minimum Gasteiger partial charge on any atom is -0.481 e. The van der Waals surface area contributed by atoms with Gasteiger partial charge in [-0.3, -0.25) is 4.79 Å². The molecule has 1 heterocycles. The van der Waals surface area contributed by atoms with Gasteiger partial charge in [0.05, 0.1) is 6.42 Å². The topological polar surface area (TPSA) is 55.8 Å². The van der Waals surface area contributed by atoms with Crippen molar-refractivity contribution in [3.8, 4) is 0 Å². The van der Waals surface area contributed by atoms with Crippen LogP contribution in [0.1, 0.15) is 84.1 Å².